The fourth-order valence-electron chi connectivity index (χ4n) is 4.50. The summed E-state index contributed by atoms with van der Waals surface area (Å²) in [5, 5.41) is 3.44. The molecule has 33 heavy (non-hydrogen) atoms. The topological polar surface area (TPSA) is 75.0 Å². The lowest BCUT2D eigenvalue weighted by Gasteiger charge is -2.28. The molecule has 166 valence electrons. The third kappa shape index (κ3) is 3.58. The summed E-state index contributed by atoms with van der Waals surface area (Å²) in [6.45, 7) is 3.35. The molecule has 0 saturated carbocycles. The molecule has 0 atom stereocenters. The van der Waals surface area contributed by atoms with Gasteiger partial charge in [-0.2, -0.15) is 0 Å². The molecule has 4 heterocycles. The van der Waals surface area contributed by atoms with Gasteiger partial charge in [-0.1, -0.05) is 6.07 Å². The van der Waals surface area contributed by atoms with Gasteiger partial charge in [-0.3, -0.25) is 4.79 Å². The van der Waals surface area contributed by atoms with Gasteiger partial charge in [0.05, 0.1) is 25.3 Å². The number of anilines is 4. The monoisotopic (exact) mass is 440 g/mol. The average Bonchev–Trinajstić information content (AvgIpc) is 3.44. The zero-order valence-electron chi connectivity index (χ0n) is 18.4. The van der Waals surface area contributed by atoms with Crippen molar-refractivity contribution in [1.82, 2.24) is 14.4 Å². The minimum atomic E-state index is 0.114. The van der Waals surface area contributed by atoms with E-state index >= 15 is 0 Å². The van der Waals surface area contributed by atoms with Gasteiger partial charge in [-0.25, -0.2) is 9.97 Å². The van der Waals surface area contributed by atoms with E-state index < -0.39 is 0 Å². The first kappa shape index (κ1) is 19.8. The number of amides is 1. The van der Waals surface area contributed by atoms with Crippen LogP contribution in [0, 0.1) is 0 Å². The van der Waals surface area contributed by atoms with Crippen LogP contribution in [0.3, 0.4) is 0 Å². The lowest BCUT2D eigenvalue weighted by molar-refractivity contribution is -0.117. The number of nitrogens with one attached hydrogen (secondary N) is 1. The number of likely N-dealkylation sites (N-methyl/N-ethyl adjacent to an activating group) is 1. The molecular weight excluding hydrogens is 416 g/mol. The molecule has 1 saturated heterocycles. The molecule has 0 bridgehead atoms. The Morgan fingerprint density at radius 3 is 2.70 bits per heavy atom. The minimum Gasteiger partial charge on any atom is -0.378 e. The highest BCUT2D eigenvalue weighted by molar-refractivity contribution is 6.01. The summed E-state index contributed by atoms with van der Waals surface area (Å²) >= 11 is 0. The number of hydrogen-bond acceptors (Lipinski definition) is 6. The predicted molar refractivity (Wildman–Crippen MR) is 128 cm³/mol. The molecular formula is C25H24N6O2. The van der Waals surface area contributed by atoms with Crippen molar-refractivity contribution in [2.24, 2.45) is 0 Å². The van der Waals surface area contributed by atoms with Crippen molar-refractivity contribution in [2.45, 2.75) is 6.42 Å². The number of aromatic nitrogens is 3. The second kappa shape index (κ2) is 7.90. The van der Waals surface area contributed by atoms with Gasteiger partial charge in [0.2, 0.25) is 5.91 Å². The first-order chi connectivity index (χ1) is 16.2. The van der Waals surface area contributed by atoms with E-state index in [2.05, 4.69) is 45.5 Å². The Balaban J connectivity index is 1.32. The van der Waals surface area contributed by atoms with Crippen LogP contribution >= 0.6 is 0 Å². The fourth-order valence-corrected chi connectivity index (χ4v) is 4.50. The van der Waals surface area contributed by atoms with E-state index in [-0.39, 0.29) is 5.91 Å². The third-order valence-electron chi connectivity index (χ3n) is 6.33. The molecule has 2 aliphatic rings. The molecule has 2 aromatic carbocycles. The largest absolute Gasteiger partial charge is 0.378 e. The molecule has 4 aromatic rings. The molecule has 1 amide bonds. The van der Waals surface area contributed by atoms with E-state index in [4.69, 9.17) is 9.72 Å². The highest BCUT2D eigenvalue weighted by Gasteiger charge is 2.24. The number of fused-ring (bicyclic) bond motifs is 2. The number of rotatable bonds is 4. The van der Waals surface area contributed by atoms with Gasteiger partial charge < -0.3 is 24.3 Å². The second-order valence-electron chi connectivity index (χ2n) is 8.38. The summed E-state index contributed by atoms with van der Waals surface area (Å²) in [5.41, 5.74) is 6.67. The number of benzene rings is 2. The molecule has 0 aliphatic carbocycles. The van der Waals surface area contributed by atoms with Crippen molar-refractivity contribution in [2.75, 3.05) is 48.5 Å². The number of carbonyl (C=O) groups is 1. The van der Waals surface area contributed by atoms with Gasteiger partial charge in [0.15, 0.2) is 11.5 Å². The van der Waals surface area contributed by atoms with Crippen LogP contribution in [0.2, 0.25) is 0 Å². The molecule has 0 unspecified atom stereocenters. The number of imidazole rings is 1. The van der Waals surface area contributed by atoms with Crippen LogP contribution in [-0.2, 0) is 16.0 Å². The smallest absolute Gasteiger partial charge is 0.231 e. The van der Waals surface area contributed by atoms with Gasteiger partial charge in [0, 0.05) is 61.4 Å². The third-order valence-corrected chi connectivity index (χ3v) is 6.33. The van der Waals surface area contributed by atoms with E-state index in [0.29, 0.717) is 12.2 Å². The molecule has 8 heteroatoms. The van der Waals surface area contributed by atoms with Crippen molar-refractivity contribution < 1.29 is 9.53 Å². The molecule has 0 radical (unpaired) electrons. The molecule has 1 fully saturated rings. The van der Waals surface area contributed by atoms with Crippen LogP contribution in [0.15, 0.2) is 61.1 Å². The highest BCUT2D eigenvalue weighted by Crippen LogP contribution is 2.32. The van der Waals surface area contributed by atoms with Gasteiger partial charge in [0.25, 0.3) is 0 Å². The summed E-state index contributed by atoms with van der Waals surface area (Å²) < 4.78 is 7.42. The molecule has 2 aromatic heterocycles. The Hall–Kier alpha value is -3.91. The number of nitrogens with zero attached hydrogens (tertiary/aromatic N) is 5. The number of ether oxygens (including phenoxy) is 1. The summed E-state index contributed by atoms with van der Waals surface area (Å²) in [6.07, 6.45) is 6.08. The van der Waals surface area contributed by atoms with E-state index in [1.807, 2.05) is 36.0 Å². The summed E-state index contributed by atoms with van der Waals surface area (Å²) in [6, 6.07) is 14.4. The zero-order chi connectivity index (χ0) is 22.4. The van der Waals surface area contributed by atoms with E-state index in [1.165, 1.54) is 5.69 Å². The van der Waals surface area contributed by atoms with Gasteiger partial charge in [-0.15, -0.1) is 0 Å². The lowest BCUT2D eigenvalue weighted by Crippen LogP contribution is -2.36. The van der Waals surface area contributed by atoms with Crippen molar-refractivity contribution in [3.05, 3.63) is 66.6 Å². The van der Waals surface area contributed by atoms with Crippen LogP contribution in [0.5, 0.6) is 0 Å². The van der Waals surface area contributed by atoms with E-state index in [9.17, 15) is 4.79 Å². The molecule has 0 spiro atoms. The van der Waals surface area contributed by atoms with Gasteiger partial charge >= 0.3 is 0 Å². The Labute approximate surface area is 191 Å². The lowest BCUT2D eigenvalue weighted by atomic mass is 10.1. The van der Waals surface area contributed by atoms with Crippen molar-refractivity contribution >= 4 is 34.4 Å². The van der Waals surface area contributed by atoms with E-state index in [0.717, 1.165) is 60.1 Å². The molecule has 2 aliphatic heterocycles. The standard InChI is InChI=1S/C25H24N6O2/c1-29-22-7-2-17(14-18(22)15-23(29)32)21-16-31-9-8-26-25(31)24(28-21)27-19-3-5-20(6-4-19)30-10-12-33-13-11-30/h2-9,14,16H,10-13,15H2,1H3,(H,27,28). The number of hydrogen-bond donors (Lipinski definition) is 1. The van der Waals surface area contributed by atoms with Gasteiger partial charge in [0.1, 0.15) is 0 Å². The quantitative estimate of drug-likeness (QED) is 0.524. The Morgan fingerprint density at radius 2 is 1.88 bits per heavy atom. The van der Waals surface area contributed by atoms with Crippen LogP contribution in [0.1, 0.15) is 5.56 Å². The fraction of sp³-hybridized carbons (Fsp3) is 0.240. The first-order valence-electron chi connectivity index (χ1n) is 11.1. The maximum atomic E-state index is 12.1. The summed E-state index contributed by atoms with van der Waals surface area (Å²) in [7, 11) is 1.82. The SMILES string of the molecule is CN1C(=O)Cc2cc(-c3cn4ccnc4c(Nc4ccc(N5CCOCC5)cc4)n3)ccc21. The zero-order valence-corrected chi connectivity index (χ0v) is 18.4. The Morgan fingerprint density at radius 1 is 1.06 bits per heavy atom. The second-order valence-corrected chi connectivity index (χ2v) is 8.38. The van der Waals surface area contributed by atoms with Crippen LogP contribution in [0.25, 0.3) is 16.9 Å². The normalized spacial score (nSPS) is 15.8. The van der Waals surface area contributed by atoms with Crippen LogP contribution in [0.4, 0.5) is 22.9 Å². The molecule has 6 rings (SSSR count). The maximum absolute atomic E-state index is 12.1. The van der Waals surface area contributed by atoms with Crippen LogP contribution < -0.4 is 15.1 Å². The van der Waals surface area contributed by atoms with Crippen molar-refractivity contribution in [3.63, 3.8) is 0 Å². The highest BCUT2D eigenvalue weighted by atomic mass is 16.5. The number of carbonyl (C=O) groups excluding carboxylic acids is 1. The average molecular weight is 441 g/mol. The van der Waals surface area contributed by atoms with Gasteiger partial charge in [-0.05, 0) is 42.0 Å². The van der Waals surface area contributed by atoms with E-state index in [1.54, 1.807) is 11.1 Å². The minimum absolute atomic E-state index is 0.114. The maximum Gasteiger partial charge on any atom is 0.231 e. The Kier molecular flexibility index (Phi) is 4.73. The molecule has 1 N–H and O–H groups in total. The number of morpholine rings is 1. The first-order valence-corrected chi connectivity index (χ1v) is 11.1. The molecule has 8 nitrogen and oxygen atoms in total. The van der Waals surface area contributed by atoms with Crippen LogP contribution in [-0.4, -0.2) is 53.6 Å². The van der Waals surface area contributed by atoms with Crippen molar-refractivity contribution in [3.8, 4) is 11.3 Å². The van der Waals surface area contributed by atoms with Crippen molar-refractivity contribution in [1.29, 1.82) is 0 Å². The Bertz CT molecular complexity index is 1340. The predicted octanol–water partition coefficient (Wildman–Crippen LogP) is 3.50. The summed E-state index contributed by atoms with van der Waals surface area (Å²) in [5.74, 6) is 0.799. The summed E-state index contributed by atoms with van der Waals surface area (Å²) in [4.78, 5) is 25.5.